The SMILES string of the molecule is CCN(C(=O)CNc1ccccc1OC(F)(F)F)c1ccccc1. The first-order valence-corrected chi connectivity index (χ1v) is 7.35. The highest BCUT2D eigenvalue weighted by Gasteiger charge is 2.32. The Morgan fingerprint density at radius 3 is 2.33 bits per heavy atom. The van der Waals surface area contributed by atoms with Crippen LogP contribution in [-0.4, -0.2) is 25.4 Å². The third-order valence-corrected chi connectivity index (χ3v) is 3.23. The number of benzene rings is 2. The number of hydrogen-bond donors (Lipinski definition) is 1. The summed E-state index contributed by atoms with van der Waals surface area (Å²) in [5.41, 5.74) is 0.832. The Kier molecular flexibility index (Phi) is 5.68. The molecule has 0 saturated heterocycles. The van der Waals surface area contributed by atoms with Gasteiger partial charge >= 0.3 is 6.36 Å². The Labute approximate surface area is 137 Å². The van der Waals surface area contributed by atoms with E-state index in [0.717, 1.165) is 5.69 Å². The Balaban J connectivity index is 2.06. The van der Waals surface area contributed by atoms with Crippen LogP contribution < -0.4 is 15.0 Å². The van der Waals surface area contributed by atoms with Gasteiger partial charge in [-0.25, -0.2) is 0 Å². The van der Waals surface area contributed by atoms with Crippen molar-refractivity contribution >= 4 is 17.3 Å². The lowest BCUT2D eigenvalue weighted by atomic mass is 10.2. The molecule has 2 aromatic carbocycles. The van der Waals surface area contributed by atoms with Crippen LogP contribution in [0.15, 0.2) is 54.6 Å². The lowest BCUT2D eigenvalue weighted by molar-refractivity contribution is -0.274. The molecule has 0 radical (unpaired) electrons. The molecule has 4 nitrogen and oxygen atoms in total. The molecule has 1 amide bonds. The van der Waals surface area contributed by atoms with E-state index in [1.54, 1.807) is 23.1 Å². The number of ether oxygens (including phenoxy) is 1. The van der Waals surface area contributed by atoms with Crippen molar-refractivity contribution in [3.05, 3.63) is 54.6 Å². The first-order valence-electron chi connectivity index (χ1n) is 7.35. The number of anilines is 2. The Bertz CT molecular complexity index is 675. The predicted molar refractivity (Wildman–Crippen MR) is 86.1 cm³/mol. The van der Waals surface area contributed by atoms with Crippen LogP contribution >= 0.6 is 0 Å². The molecule has 0 atom stereocenters. The van der Waals surface area contributed by atoms with Crippen molar-refractivity contribution in [2.45, 2.75) is 13.3 Å². The van der Waals surface area contributed by atoms with Crippen molar-refractivity contribution in [2.75, 3.05) is 23.3 Å². The van der Waals surface area contributed by atoms with Gasteiger partial charge in [0.25, 0.3) is 0 Å². The highest BCUT2D eigenvalue weighted by Crippen LogP contribution is 2.29. The smallest absolute Gasteiger partial charge is 0.404 e. The summed E-state index contributed by atoms with van der Waals surface area (Å²) in [5.74, 6) is -0.633. The van der Waals surface area contributed by atoms with Crippen LogP contribution in [0.3, 0.4) is 0 Å². The fraction of sp³-hybridized carbons (Fsp3) is 0.235. The fourth-order valence-electron chi connectivity index (χ4n) is 2.20. The second-order valence-electron chi connectivity index (χ2n) is 4.87. The minimum Gasteiger partial charge on any atom is -0.404 e. The average molecular weight is 338 g/mol. The first kappa shape index (κ1) is 17.7. The molecule has 2 rings (SSSR count). The lowest BCUT2D eigenvalue weighted by Gasteiger charge is -2.22. The molecule has 24 heavy (non-hydrogen) atoms. The van der Waals surface area contributed by atoms with E-state index in [-0.39, 0.29) is 23.9 Å². The average Bonchev–Trinajstić information content (AvgIpc) is 2.54. The lowest BCUT2D eigenvalue weighted by Crippen LogP contribution is -2.35. The van der Waals surface area contributed by atoms with Gasteiger partial charge in [0.05, 0.1) is 12.2 Å². The van der Waals surface area contributed by atoms with Gasteiger partial charge in [-0.15, -0.1) is 13.2 Å². The summed E-state index contributed by atoms with van der Waals surface area (Å²) in [6.45, 7) is 2.12. The van der Waals surface area contributed by atoms with Gasteiger partial charge in [0, 0.05) is 12.2 Å². The van der Waals surface area contributed by atoms with Crippen LogP contribution in [-0.2, 0) is 4.79 Å². The van der Waals surface area contributed by atoms with Crippen molar-refractivity contribution in [1.82, 2.24) is 0 Å². The topological polar surface area (TPSA) is 41.6 Å². The van der Waals surface area contributed by atoms with Gasteiger partial charge in [-0.1, -0.05) is 30.3 Å². The summed E-state index contributed by atoms with van der Waals surface area (Å²) in [6.07, 6.45) is -4.79. The number of rotatable bonds is 6. The van der Waals surface area contributed by atoms with E-state index >= 15 is 0 Å². The van der Waals surface area contributed by atoms with Gasteiger partial charge in [-0.2, -0.15) is 0 Å². The number of likely N-dealkylation sites (N-methyl/N-ethyl adjacent to an activating group) is 1. The molecule has 1 N–H and O–H groups in total. The third-order valence-electron chi connectivity index (χ3n) is 3.23. The summed E-state index contributed by atoms with van der Waals surface area (Å²) in [5, 5.41) is 2.70. The molecule has 0 unspecified atom stereocenters. The molecule has 0 aliphatic heterocycles. The normalized spacial score (nSPS) is 11.0. The van der Waals surface area contributed by atoms with Crippen LogP contribution in [0.1, 0.15) is 6.92 Å². The van der Waals surface area contributed by atoms with Crippen LogP contribution in [0.2, 0.25) is 0 Å². The molecule has 0 aliphatic carbocycles. The van der Waals surface area contributed by atoms with Gasteiger partial charge in [0.2, 0.25) is 5.91 Å². The largest absolute Gasteiger partial charge is 0.573 e. The number of halogens is 3. The number of amides is 1. The molecule has 7 heteroatoms. The number of nitrogens with zero attached hydrogens (tertiary/aromatic N) is 1. The van der Waals surface area contributed by atoms with E-state index in [9.17, 15) is 18.0 Å². The van der Waals surface area contributed by atoms with Crippen molar-refractivity contribution in [3.63, 3.8) is 0 Å². The quantitative estimate of drug-likeness (QED) is 0.864. The summed E-state index contributed by atoms with van der Waals surface area (Å²) in [6, 6.07) is 14.6. The molecular weight excluding hydrogens is 321 g/mol. The maximum Gasteiger partial charge on any atom is 0.573 e. The molecule has 0 heterocycles. The van der Waals surface area contributed by atoms with E-state index in [1.807, 2.05) is 25.1 Å². The van der Waals surface area contributed by atoms with Crippen LogP contribution in [0.4, 0.5) is 24.5 Å². The van der Waals surface area contributed by atoms with E-state index < -0.39 is 6.36 Å². The summed E-state index contributed by atoms with van der Waals surface area (Å²) in [7, 11) is 0. The van der Waals surface area contributed by atoms with E-state index in [4.69, 9.17) is 0 Å². The fourth-order valence-corrected chi connectivity index (χ4v) is 2.20. The summed E-state index contributed by atoms with van der Waals surface area (Å²) in [4.78, 5) is 13.9. The Morgan fingerprint density at radius 2 is 1.71 bits per heavy atom. The highest BCUT2D eigenvalue weighted by atomic mass is 19.4. The van der Waals surface area contributed by atoms with Crippen LogP contribution in [0, 0.1) is 0 Å². The van der Waals surface area contributed by atoms with Crippen LogP contribution in [0.5, 0.6) is 5.75 Å². The number of carbonyl (C=O) groups is 1. The van der Waals surface area contributed by atoms with Gasteiger partial charge in [-0.3, -0.25) is 4.79 Å². The molecule has 0 aliphatic rings. The molecule has 0 fully saturated rings. The number of alkyl halides is 3. The zero-order chi connectivity index (χ0) is 17.6. The molecule has 0 aromatic heterocycles. The van der Waals surface area contributed by atoms with Gasteiger partial charge in [0.15, 0.2) is 5.75 Å². The molecule has 0 bridgehead atoms. The number of nitrogens with one attached hydrogen (secondary N) is 1. The Hall–Kier alpha value is -2.70. The molecular formula is C17H17F3N2O2. The molecule has 0 saturated carbocycles. The zero-order valence-electron chi connectivity index (χ0n) is 13.0. The van der Waals surface area contributed by atoms with Crippen molar-refractivity contribution in [1.29, 1.82) is 0 Å². The highest BCUT2D eigenvalue weighted by molar-refractivity contribution is 5.96. The molecule has 0 spiro atoms. The maximum atomic E-state index is 12.4. The van der Waals surface area contributed by atoms with E-state index in [0.29, 0.717) is 6.54 Å². The molecule has 2 aromatic rings. The number of para-hydroxylation sites is 3. The van der Waals surface area contributed by atoms with E-state index in [1.165, 1.54) is 18.2 Å². The minimum absolute atomic E-state index is 0.104. The monoisotopic (exact) mass is 338 g/mol. The summed E-state index contributed by atoms with van der Waals surface area (Å²) >= 11 is 0. The second-order valence-corrected chi connectivity index (χ2v) is 4.87. The first-order chi connectivity index (χ1) is 11.4. The number of hydrogen-bond acceptors (Lipinski definition) is 3. The predicted octanol–water partition coefficient (Wildman–Crippen LogP) is 4.05. The van der Waals surface area contributed by atoms with Crippen LogP contribution in [0.25, 0.3) is 0 Å². The zero-order valence-corrected chi connectivity index (χ0v) is 13.0. The standard InChI is InChI=1S/C17H17F3N2O2/c1-2-22(13-8-4-3-5-9-13)16(23)12-21-14-10-6-7-11-15(14)24-17(18,19)20/h3-11,21H,2,12H2,1H3. The van der Waals surface area contributed by atoms with Gasteiger partial charge < -0.3 is 15.0 Å². The van der Waals surface area contributed by atoms with E-state index in [2.05, 4.69) is 10.1 Å². The summed E-state index contributed by atoms with van der Waals surface area (Å²) < 4.78 is 41.1. The minimum atomic E-state index is -4.79. The Morgan fingerprint density at radius 1 is 1.08 bits per heavy atom. The van der Waals surface area contributed by atoms with Crippen molar-refractivity contribution in [2.24, 2.45) is 0 Å². The number of carbonyl (C=O) groups excluding carboxylic acids is 1. The molecule has 128 valence electrons. The van der Waals surface area contributed by atoms with Crippen molar-refractivity contribution in [3.8, 4) is 5.75 Å². The van der Waals surface area contributed by atoms with Gasteiger partial charge in [-0.05, 0) is 31.2 Å². The third kappa shape index (κ3) is 4.91. The van der Waals surface area contributed by atoms with Crippen molar-refractivity contribution < 1.29 is 22.7 Å². The van der Waals surface area contributed by atoms with Gasteiger partial charge in [0.1, 0.15) is 0 Å². The second kappa shape index (κ2) is 7.72. The maximum absolute atomic E-state index is 12.4.